The molecule has 0 unspecified atom stereocenters. The van der Waals surface area contributed by atoms with Gasteiger partial charge >= 0.3 is 0 Å². The molecule has 0 fully saturated rings. The van der Waals surface area contributed by atoms with Gasteiger partial charge in [0, 0.05) is 11.1 Å². The number of carbonyl (C=O) groups excluding carboxylic acids is 1. The van der Waals surface area contributed by atoms with Crippen molar-refractivity contribution in [3.05, 3.63) is 53.1 Å². The molecule has 1 aliphatic rings. The van der Waals surface area contributed by atoms with Gasteiger partial charge in [-0.05, 0) is 47.4 Å². The first-order valence-corrected chi connectivity index (χ1v) is 6.10. The number of benzene rings is 2. The monoisotopic (exact) mass is 238 g/mol. The first-order valence-electron chi connectivity index (χ1n) is 6.10. The van der Waals surface area contributed by atoms with Gasteiger partial charge in [0.1, 0.15) is 5.75 Å². The molecule has 0 aromatic heterocycles. The first kappa shape index (κ1) is 11.0. The zero-order valence-electron chi connectivity index (χ0n) is 10.5. The Labute approximate surface area is 106 Å². The molecule has 0 bridgehead atoms. The van der Waals surface area contributed by atoms with Gasteiger partial charge in [-0.15, -0.1) is 0 Å². The van der Waals surface area contributed by atoms with E-state index in [4.69, 9.17) is 4.74 Å². The number of ether oxygens (including phenoxy) is 1. The third kappa shape index (κ3) is 1.46. The molecule has 0 heterocycles. The van der Waals surface area contributed by atoms with E-state index in [-0.39, 0.29) is 5.78 Å². The molecule has 0 radical (unpaired) electrons. The number of ketones is 1. The minimum absolute atomic E-state index is 0.106. The van der Waals surface area contributed by atoms with E-state index >= 15 is 0 Å². The van der Waals surface area contributed by atoms with Gasteiger partial charge in [-0.25, -0.2) is 0 Å². The fourth-order valence-corrected chi connectivity index (χ4v) is 2.45. The molecule has 0 N–H and O–H groups in total. The fourth-order valence-electron chi connectivity index (χ4n) is 2.45. The second kappa shape index (κ2) is 3.98. The largest absolute Gasteiger partial charge is 0.497 e. The number of aryl methyl sites for hydroxylation is 1. The SMILES string of the molecule is CCc1ccc2c(c1)C(=O)c1cc(OC)ccc1-2. The van der Waals surface area contributed by atoms with Crippen molar-refractivity contribution < 1.29 is 9.53 Å². The van der Waals surface area contributed by atoms with Crippen LogP contribution >= 0.6 is 0 Å². The van der Waals surface area contributed by atoms with E-state index in [0.717, 1.165) is 34.4 Å². The Morgan fingerprint density at radius 3 is 2.28 bits per heavy atom. The van der Waals surface area contributed by atoms with Crippen molar-refractivity contribution in [2.24, 2.45) is 0 Å². The van der Waals surface area contributed by atoms with Crippen LogP contribution in [0.2, 0.25) is 0 Å². The van der Waals surface area contributed by atoms with Gasteiger partial charge in [-0.1, -0.05) is 19.1 Å². The zero-order valence-corrected chi connectivity index (χ0v) is 10.5. The van der Waals surface area contributed by atoms with Crippen LogP contribution in [0.25, 0.3) is 11.1 Å². The predicted molar refractivity (Wildman–Crippen MR) is 71.2 cm³/mol. The molecule has 2 aromatic rings. The van der Waals surface area contributed by atoms with Crippen LogP contribution in [-0.4, -0.2) is 12.9 Å². The van der Waals surface area contributed by atoms with Gasteiger partial charge in [-0.3, -0.25) is 4.79 Å². The molecule has 0 saturated carbocycles. The third-order valence-electron chi connectivity index (χ3n) is 3.50. The van der Waals surface area contributed by atoms with Gasteiger partial charge in [0.05, 0.1) is 7.11 Å². The summed E-state index contributed by atoms with van der Waals surface area (Å²) >= 11 is 0. The molecule has 2 aromatic carbocycles. The first-order chi connectivity index (χ1) is 8.74. The standard InChI is InChI=1S/C16H14O2/c1-3-10-4-6-12-13-7-5-11(18-2)9-15(13)16(17)14(12)8-10/h4-9H,3H2,1-2H3. The van der Waals surface area contributed by atoms with Crippen LogP contribution in [0.4, 0.5) is 0 Å². The highest BCUT2D eigenvalue weighted by atomic mass is 16.5. The van der Waals surface area contributed by atoms with Crippen molar-refractivity contribution in [3.8, 4) is 16.9 Å². The van der Waals surface area contributed by atoms with E-state index < -0.39 is 0 Å². The Balaban J connectivity index is 2.21. The summed E-state index contributed by atoms with van der Waals surface area (Å²) in [6, 6.07) is 11.8. The van der Waals surface area contributed by atoms with Crippen molar-refractivity contribution in [2.45, 2.75) is 13.3 Å². The van der Waals surface area contributed by atoms with Crippen LogP contribution in [0.3, 0.4) is 0 Å². The molecular formula is C16H14O2. The lowest BCUT2D eigenvalue weighted by Gasteiger charge is -2.03. The van der Waals surface area contributed by atoms with Gasteiger partial charge in [0.25, 0.3) is 0 Å². The highest BCUT2D eigenvalue weighted by Crippen LogP contribution is 2.38. The highest BCUT2D eigenvalue weighted by Gasteiger charge is 2.26. The van der Waals surface area contributed by atoms with Crippen molar-refractivity contribution in [1.29, 1.82) is 0 Å². The van der Waals surface area contributed by atoms with E-state index in [1.165, 1.54) is 5.56 Å². The Kier molecular flexibility index (Phi) is 2.44. The summed E-state index contributed by atoms with van der Waals surface area (Å²) in [6.07, 6.45) is 0.945. The molecule has 90 valence electrons. The van der Waals surface area contributed by atoms with E-state index in [0.29, 0.717) is 0 Å². The molecule has 0 atom stereocenters. The average molecular weight is 238 g/mol. The van der Waals surface area contributed by atoms with Crippen LogP contribution in [0.1, 0.15) is 28.4 Å². The minimum Gasteiger partial charge on any atom is -0.497 e. The van der Waals surface area contributed by atoms with E-state index in [9.17, 15) is 4.79 Å². The van der Waals surface area contributed by atoms with E-state index in [1.807, 2.05) is 30.3 Å². The Morgan fingerprint density at radius 1 is 0.944 bits per heavy atom. The molecular weight excluding hydrogens is 224 g/mol. The third-order valence-corrected chi connectivity index (χ3v) is 3.50. The number of hydrogen-bond donors (Lipinski definition) is 0. The van der Waals surface area contributed by atoms with Crippen molar-refractivity contribution in [2.75, 3.05) is 7.11 Å². The number of methoxy groups -OCH3 is 1. The molecule has 2 heteroatoms. The summed E-state index contributed by atoms with van der Waals surface area (Å²) in [6.45, 7) is 2.09. The summed E-state index contributed by atoms with van der Waals surface area (Å²) < 4.78 is 5.18. The summed E-state index contributed by atoms with van der Waals surface area (Å²) in [5.41, 5.74) is 4.81. The van der Waals surface area contributed by atoms with Crippen LogP contribution in [0, 0.1) is 0 Å². The number of carbonyl (C=O) groups is 1. The minimum atomic E-state index is 0.106. The topological polar surface area (TPSA) is 26.3 Å². The molecule has 1 aliphatic carbocycles. The Morgan fingerprint density at radius 2 is 1.61 bits per heavy atom. The normalized spacial score (nSPS) is 12.2. The number of hydrogen-bond acceptors (Lipinski definition) is 2. The lowest BCUT2D eigenvalue weighted by molar-refractivity contribution is 0.104. The summed E-state index contributed by atoms with van der Waals surface area (Å²) in [5.74, 6) is 0.833. The van der Waals surface area contributed by atoms with Gasteiger partial charge in [-0.2, -0.15) is 0 Å². The lowest BCUT2D eigenvalue weighted by Crippen LogP contribution is -1.96. The molecule has 0 saturated heterocycles. The summed E-state index contributed by atoms with van der Waals surface area (Å²) in [7, 11) is 1.61. The Bertz CT molecular complexity index is 586. The quantitative estimate of drug-likeness (QED) is 0.683. The van der Waals surface area contributed by atoms with Gasteiger partial charge in [0.15, 0.2) is 5.78 Å². The zero-order chi connectivity index (χ0) is 12.7. The molecule has 2 nitrogen and oxygen atoms in total. The van der Waals surface area contributed by atoms with Crippen LogP contribution in [0.15, 0.2) is 36.4 Å². The maximum atomic E-state index is 12.4. The second-order valence-electron chi connectivity index (χ2n) is 4.47. The van der Waals surface area contributed by atoms with E-state index in [1.54, 1.807) is 7.11 Å². The molecule has 0 amide bonds. The number of rotatable bonds is 2. The van der Waals surface area contributed by atoms with Crippen molar-refractivity contribution in [1.82, 2.24) is 0 Å². The van der Waals surface area contributed by atoms with Crippen LogP contribution in [0.5, 0.6) is 5.75 Å². The van der Waals surface area contributed by atoms with Crippen LogP contribution < -0.4 is 4.74 Å². The van der Waals surface area contributed by atoms with Crippen molar-refractivity contribution in [3.63, 3.8) is 0 Å². The summed E-state index contributed by atoms with van der Waals surface area (Å²) in [5, 5.41) is 0. The summed E-state index contributed by atoms with van der Waals surface area (Å²) in [4.78, 5) is 12.4. The highest BCUT2D eigenvalue weighted by molar-refractivity contribution is 6.21. The average Bonchev–Trinajstić information content (AvgIpc) is 2.71. The second-order valence-corrected chi connectivity index (χ2v) is 4.47. The predicted octanol–water partition coefficient (Wildman–Crippen LogP) is 3.47. The maximum Gasteiger partial charge on any atom is 0.194 e. The molecule has 18 heavy (non-hydrogen) atoms. The van der Waals surface area contributed by atoms with Gasteiger partial charge in [0.2, 0.25) is 0 Å². The Hall–Kier alpha value is -2.09. The molecule has 0 aliphatic heterocycles. The number of fused-ring (bicyclic) bond motifs is 3. The molecule has 3 rings (SSSR count). The van der Waals surface area contributed by atoms with E-state index in [2.05, 4.69) is 13.0 Å². The van der Waals surface area contributed by atoms with Gasteiger partial charge < -0.3 is 4.74 Å². The molecule has 0 spiro atoms. The van der Waals surface area contributed by atoms with Crippen molar-refractivity contribution >= 4 is 5.78 Å². The van der Waals surface area contributed by atoms with Crippen LogP contribution in [-0.2, 0) is 6.42 Å². The maximum absolute atomic E-state index is 12.4. The fraction of sp³-hybridized carbons (Fsp3) is 0.188. The lowest BCUT2D eigenvalue weighted by atomic mass is 10.0. The smallest absolute Gasteiger partial charge is 0.194 e.